The molecule has 70 valence electrons. The van der Waals surface area contributed by atoms with Gasteiger partial charge in [-0.15, -0.1) is 0 Å². The minimum atomic E-state index is -0.519. The summed E-state index contributed by atoms with van der Waals surface area (Å²) in [5.41, 5.74) is -0.0872. The van der Waals surface area contributed by atoms with Crippen LogP contribution in [0.2, 0.25) is 0 Å². The molecule has 6 nitrogen and oxygen atoms in total. The van der Waals surface area contributed by atoms with E-state index in [4.69, 9.17) is 4.74 Å². The zero-order chi connectivity index (χ0) is 9.84. The van der Waals surface area contributed by atoms with Crippen molar-refractivity contribution in [2.75, 3.05) is 19.5 Å². The molecule has 6 heteroatoms. The van der Waals surface area contributed by atoms with Crippen molar-refractivity contribution in [3.05, 3.63) is 22.4 Å². The first-order valence-corrected chi connectivity index (χ1v) is 3.55. The lowest BCUT2D eigenvalue weighted by Gasteiger charge is -2.04. The van der Waals surface area contributed by atoms with Gasteiger partial charge in [-0.3, -0.25) is 10.1 Å². The summed E-state index contributed by atoms with van der Waals surface area (Å²) in [6, 6.07) is 1.32. The van der Waals surface area contributed by atoms with Gasteiger partial charge in [0.2, 0.25) is 0 Å². The SMILES string of the molecule is CNc1ncc([N+](=O)[O-])cc1OC. The first-order valence-electron chi connectivity index (χ1n) is 3.55. The van der Waals surface area contributed by atoms with Gasteiger partial charge in [0.05, 0.1) is 18.1 Å². The minimum Gasteiger partial charge on any atom is -0.493 e. The van der Waals surface area contributed by atoms with E-state index in [9.17, 15) is 10.1 Å². The largest absolute Gasteiger partial charge is 0.493 e. The third kappa shape index (κ3) is 1.84. The Kier molecular flexibility index (Phi) is 2.63. The van der Waals surface area contributed by atoms with Gasteiger partial charge in [0, 0.05) is 7.05 Å². The zero-order valence-corrected chi connectivity index (χ0v) is 7.27. The number of hydrogen-bond donors (Lipinski definition) is 1. The average Bonchev–Trinajstić information content (AvgIpc) is 2.16. The molecule has 0 spiro atoms. The van der Waals surface area contributed by atoms with Crippen molar-refractivity contribution in [1.29, 1.82) is 0 Å². The number of nitrogens with one attached hydrogen (secondary N) is 1. The Morgan fingerprint density at radius 3 is 2.85 bits per heavy atom. The van der Waals surface area contributed by atoms with Gasteiger partial charge in [-0.25, -0.2) is 4.98 Å². The highest BCUT2D eigenvalue weighted by Gasteiger charge is 2.11. The van der Waals surface area contributed by atoms with E-state index in [1.807, 2.05) is 0 Å². The molecule has 0 saturated heterocycles. The van der Waals surface area contributed by atoms with E-state index in [0.717, 1.165) is 0 Å². The average molecular weight is 183 g/mol. The van der Waals surface area contributed by atoms with Gasteiger partial charge in [0.15, 0.2) is 11.6 Å². The van der Waals surface area contributed by atoms with Crippen molar-refractivity contribution in [1.82, 2.24) is 4.98 Å². The summed E-state index contributed by atoms with van der Waals surface area (Å²) < 4.78 is 4.90. The highest BCUT2D eigenvalue weighted by Crippen LogP contribution is 2.25. The lowest BCUT2D eigenvalue weighted by molar-refractivity contribution is -0.385. The van der Waals surface area contributed by atoms with Crippen molar-refractivity contribution in [2.24, 2.45) is 0 Å². The summed E-state index contributed by atoms with van der Waals surface area (Å²) in [4.78, 5) is 13.7. The smallest absolute Gasteiger partial charge is 0.291 e. The van der Waals surface area contributed by atoms with E-state index in [-0.39, 0.29) is 5.69 Å². The lowest BCUT2D eigenvalue weighted by Crippen LogP contribution is -1.98. The Labute approximate surface area is 74.7 Å². The van der Waals surface area contributed by atoms with Gasteiger partial charge in [0.1, 0.15) is 6.20 Å². The van der Waals surface area contributed by atoms with Crippen LogP contribution in [0.25, 0.3) is 0 Å². The second-order valence-electron chi connectivity index (χ2n) is 2.25. The van der Waals surface area contributed by atoms with Gasteiger partial charge in [0.25, 0.3) is 5.69 Å². The van der Waals surface area contributed by atoms with Gasteiger partial charge in [-0.1, -0.05) is 0 Å². The fourth-order valence-electron chi connectivity index (χ4n) is 0.877. The van der Waals surface area contributed by atoms with Crippen LogP contribution in [-0.2, 0) is 0 Å². The maximum atomic E-state index is 10.4. The van der Waals surface area contributed by atoms with E-state index in [0.29, 0.717) is 11.6 Å². The third-order valence-corrected chi connectivity index (χ3v) is 1.51. The molecule has 0 amide bonds. The fourth-order valence-corrected chi connectivity index (χ4v) is 0.877. The van der Waals surface area contributed by atoms with E-state index in [1.54, 1.807) is 7.05 Å². The maximum Gasteiger partial charge on any atom is 0.291 e. The van der Waals surface area contributed by atoms with Crippen molar-refractivity contribution in [2.45, 2.75) is 0 Å². The first kappa shape index (κ1) is 9.24. The Balaban J connectivity index is 3.13. The Bertz CT molecular complexity index is 327. The second-order valence-corrected chi connectivity index (χ2v) is 2.25. The second kappa shape index (κ2) is 3.70. The highest BCUT2D eigenvalue weighted by molar-refractivity contribution is 5.53. The molecule has 0 fully saturated rings. The molecule has 0 bridgehead atoms. The number of anilines is 1. The predicted molar refractivity (Wildman–Crippen MR) is 47.0 cm³/mol. The number of hydrogen-bond acceptors (Lipinski definition) is 5. The van der Waals surface area contributed by atoms with Gasteiger partial charge in [-0.2, -0.15) is 0 Å². The molecule has 0 aliphatic heterocycles. The van der Waals surface area contributed by atoms with Crippen molar-refractivity contribution in [3.8, 4) is 5.75 Å². The van der Waals surface area contributed by atoms with Crippen LogP contribution in [0, 0.1) is 10.1 Å². The summed E-state index contributed by atoms with van der Waals surface area (Å²) in [7, 11) is 3.10. The number of rotatable bonds is 3. The van der Waals surface area contributed by atoms with Crippen molar-refractivity contribution >= 4 is 11.5 Å². The number of ether oxygens (including phenoxy) is 1. The molecule has 13 heavy (non-hydrogen) atoms. The standard InChI is InChI=1S/C7H9N3O3/c1-8-7-6(13-2)3-5(4-9-7)10(11)12/h3-4H,1-2H3,(H,8,9). The molecule has 1 aromatic heterocycles. The molecule has 1 heterocycles. The number of nitrogens with zero attached hydrogens (tertiary/aromatic N) is 2. The monoisotopic (exact) mass is 183 g/mol. The third-order valence-electron chi connectivity index (χ3n) is 1.51. The Morgan fingerprint density at radius 1 is 1.69 bits per heavy atom. The lowest BCUT2D eigenvalue weighted by atomic mass is 10.4. The molecule has 1 rings (SSSR count). The van der Waals surface area contributed by atoms with E-state index in [2.05, 4.69) is 10.3 Å². The van der Waals surface area contributed by atoms with Gasteiger partial charge in [-0.05, 0) is 0 Å². The van der Waals surface area contributed by atoms with Crippen LogP contribution < -0.4 is 10.1 Å². The van der Waals surface area contributed by atoms with Crippen LogP contribution in [0.3, 0.4) is 0 Å². The van der Waals surface area contributed by atoms with E-state index < -0.39 is 4.92 Å². The highest BCUT2D eigenvalue weighted by atomic mass is 16.6. The molecule has 0 radical (unpaired) electrons. The van der Waals surface area contributed by atoms with Crippen LogP contribution in [0.5, 0.6) is 5.75 Å². The molecule has 0 saturated carbocycles. The summed E-state index contributed by atoms with van der Waals surface area (Å²) >= 11 is 0. The van der Waals surface area contributed by atoms with Crippen LogP contribution in [-0.4, -0.2) is 24.1 Å². The van der Waals surface area contributed by atoms with Crippen LogP contribution >= 0.6 is 0 Å². The van der Waals surface area contributed by atoms with Gasteiger partial charge >= 0.3 is 0 Å². The first-order chi connectivity index (χ1) is 6.19. The Hall–Kier alpha value is -1.85. The number of aromatic nitrogens is 1. The molecular weight excluding hydrogens is 174 g/mol. The Morgan fingerprint density at radius 2 is 2.38 bits per heavy atom. The summed E-state index contributed by atoms with van der Waals surface area (Å²) in [5, 5.41) is 13.1. The van der Waals surface area contributed by atoms with Crippen molar-refractivity contribution < 1.29 is 9.66 Å². The fraction of sp³-hybridized carbons (Fsp3) is 0.286. The zero-order valence-electron chi connectivity index (χ0n) is 7.27. The summed E-state index contributed by atoms with van der Waals surface area (Å²) in [6.45, 7) is 0. The van der Waals surface area contributed by atoms with Crippen LogP contribution in [0.4, 0.5) is 11.5 Å². The molecule has 1 N–H and O–H groups in total. The number of methoxy groups -OCH3 is 1. The normalized spacial score (nSPS) is 9.38. The minimum absolute atomic E-state index is 0.0872. The van der Waals surface area contributed by atoms with E-state index >= 15 is 0 Å². The molecule has 0 atom stereocenters. The molecular formula is C7H9N3O3. The molecule has 0 aliphatic rings. The quantitative estimate of drug-likeness (QED) is 0.559. The van der Waals surface area contributed by atoms with Crippen LogP contribution in [0.15, 0.2) is 12.3 Å². The topological polar surface area (TPSA) is 77.3 Å². The molecule has 0 aromatic carbocycles. The predicted octanol–water partition coefficient (Wildman–Crippen LogP) is 1.04. The maximum absolute atomic E-state index is 10.4. The molecule has 1 aromatic rings. The summed E-state index contributed by atoms with van der Waals surface area (Å²) in [5.74, 6) is 0.838. The van der Waals surface area contributed by atoms with Crippen LogP contribution in [0.1, 0.15) is 0 Å². The van der Waals surface area contributed by atoms with E-state index in [1.165, 1.54) is 19.4 Å². The number of nitro groups is 1. The molecule has 0 unspecified atom stereocenters. The van der Waals surface area contributed by atoms with Gasteiger partial charge < -0.3 is 10.1 Å². The van der Waals surface area contributed by atoms with Crippen molar-refractivity contribution in [3.63, 3.8) is 0 Å². The number of pyridine rings is 1. The molecule has 0 aliphatic carbocycles. The summed E-state index contributed by atoms with van der Waals surface area (Å²) in [6.07, 6.45) is 1.17.